The lowest BCUT2D eigenvalue weighted by atomic mass is 9.94. The number of carboxylic acid groups (broad SMARTS) is 1. The number of cyclic esters (lactones) is 4. The third-order valence-electron chi connectivity index (χ3n) is 15.8. The van der Waals surface area contributed by atoms with Crippen LogP contribution in [-0.4, -0.2) is 193 Å². The summed E-state index contributed by atoms with van der Waals surface area (Å²) in [5, 5.41) is 49.5. The SMILES string of the molecule is CC(=O)c1ccc(-c2ccc3c(c2)C(=O)N(CCCC(CO)CN(C)C)C3=O)cc1C(C)=O.CNCC(CO)CCCNC(=O)c1cccc(-c2ccc(C(=O)O)c(C(C)=O)c2)c1.CO.NCCCCC(N)CO.O=C1OC(=O)c2cc(-c3ccc4c(c3)C(=O)OC4=O)ccc21.O=C=O. The third-order valence-corrected chi connectivity index (χ3v) is 15.8. The summed E-state index contributed by atoms with van der Waals surface area (Å²) in [4.78, 5) is 151. The normalized spacial score (nSPS) is 13.1. The number of amides is 3. The first-order chi connectivity index (χ1) is 47.3. The summed E-state index contributed by atoms with van der Waals surface area (Å²) in [5.74, 6) is -5.22. The molecule has 0 spiro atoms. The van der Waals surface area contributed by atoms with Gasteiger partial charge in [-0.2, -0.15) is 9.59 Å². The van der Waals surface area contributed by atoms with Gasteiger partial charge in [-0.3, -0.25) is 33.7 Å². The number of ketones is 3. The second kappa shape index (κ2) is 40.5. The van der Waals surface area contributed by atoms with Crippen molar-refractivity contribution in [2.75, 3.05) is 80.8 Å². The minimum absolute atomic E-state index is 0.0420. The number of ether oxygens (including phenoxy) is 2. The largest absolute Gasteiger partial charge is 0.478 e. The van der Waals surface area contributed by atoms with Crippen molar-refractivity contribution in [1.29, 1.82) is 0 Å². The van der Waals surface area contributed by atoms with E-state index in [9.17, 15) is 68.1 Å². The van der Waals surface area contributed by atoms with Gasteiger partial charge in [0.05, 0.1) is 45.6 Å². The number of aromatic carboxylic acids is 1. The Bertz CT molecular complexity index is 3880. The van der Waals surface area contributed by atoms with Gasteiger partial charge in [-0.1, -0.05) is 55.0 Å². The van der Waals surface area contributed by atoms with E-state index in [1.165, 1.54) is 56.0 Å². The molecule has 3 amide bonds. The van der Waals surface area contributed by atoms with Crippen molar-refractivity contribution < 1.29 is 97.3 Å². The Balaban J connectivity index is 0.000000291. The zero-order chi connectivity index (χ0) is 73.6. The molecule has 3 unspecified atom stereocenters. The zero-order valence-electron chi connectivity index (χ0n) is 56.2. The molecule has 99 heavy (non-hydrogen) atoms. The van der Waals surface area contributed by atoms with E-state index in [1.54, 1.807) is 84.9 Å². The van der Waals surface area contributed by atoms with Gasteiger partial charge in [0.15, 0.2) is 17.3 Å². The molecular formula is C73H84N6O20. The van der Waals surface area contributed by atoms with Crippen LogP contribution in [0.4, 0.5) is 0 Å². The topological polar surface area (TPSA) is 424 Å². The van der Waals surface area contributed by atoms with Crippen molar-refractivity contribution in [3.63, 3.8) is 0 Å². The number of benzene rings is 6. The second-order valence-electron chi connectivity index (χ2n) is 23.2. The zero-order valence-corrected chi connectivity index (χ0v) is 56.2. The number of carbonyl (C=O) groups is 11. The Hall–Kier alpha value is -10.3. The fraction of sp³-hybridized carbons (Fsp3) is 0.342. The molecular weight excluding hydrogens is 1280 g/mol. The summed E-state index contributed by atoms with van der Waals surface area (Å²) in [6, 6.07) is 30.9. The highest BCUT2D eigenvalue weighted by atomic mass is 16.6. The Morgan fingerprint density at radius 3 is 1.45 bits per heavy atom. The first-order valence-electron chi connectivity index (χ1n) is 31.5. The predicted octanol–water partition coefficient (Wildman–Crippen LogP) is 6.33. The molecule has 0 radical (unpaired) electrons. The maximum atomic E-state index is 13.0. The van der Waals surface area contributed by atoms with Crippen LogP contribution < -0.4 is 22.1 Å². The molecule has 6 aromatic rings. The van der Waals surface area contributed by atoms with Crippen LogP contribution >= 0.6 is 0 Å². The highest BCUT2D eigenvalue weighted by Gasteiger charge is 2.36. The average molecular weight is 1370 g/mol. The van der Waals surface area contributed by atoms with Crippen LogP contribution in [0.15, 0.2) is 115 Å². The van der Waals surface area contributed by atoms with Crippen LogP contribution in [0.2, 0.25) is 0 Å². The molecule has 3 heterocycles. The number of carbonyl (C=O) groups excluding carboxylic acids is 12. The number of Topliss-reactive ketones (excluding diaryl/α,β-unsaturated/α-hetero) is 3. The Morgan fingerprint density at radius 1 is 0.535 bits per heavy atom. The van der Waals surface area contributed by atoms with E-state index in [0.29, 0.717) is 81.6 Å². The Kier molecular flexibility index (Phi) is 33.2. The quantitative estimate of drug-likeness (QED) is 0.00893. The van der Waals surface area contributed by atoms with Gasteiger partial charge in [0.1, 0.15) is 0 Å². The van der Waals surface area contributed by atoms with E-state index < -0.39 is 29.8 Å². The number of imide groups is 1. The minimum Gasteiger partial charge on any atom is -0.478 e. The smallest absolute Gasteiger partial charge is 0.373 e. The molecule has 26 heteroatoms. The van der Waals surface area contributed by atoms with Gasteiger partial charge in [-0.25, -0.2) is 24.0 Å². The molecule has 526 valence electrons. The maximum Gasteiger partial charge on any atom is 0.373 e. The summed E-state index contributed by atoms with van der Waals surface area (Å²) in [7, 11) is 6.72. The van der Waals surface area contributed by atoms with Crippen LogP contribution in [0.3, 0.4) is 0 Å². The van der Waals surface area contributed by atoms with Crippen molar-refractivity contribution in [1.82, 2.24) is 20.4 Å². The van der Waals surface area contributed by atoms with Crippen LogP contribution in [0.5, 0.6) is 0 Å². The van der Waals surface area contributed by atoms with Gasteiger partial charge < -0.3 is 62.0 Å². The first kappa shape index (κ1) is 81.2. The Morgan fingerprint density at radius 2 is 0.980 bits per heavy atom. The van der Waals surface area contributed by atoms with E-state index >= 15 is 0 Å². The molecule has 0 bridgehead atoms. The molecule has 0 fully saturated rings. The summed E-state index contributed by atoms with van der Waals surface area (Å²) in [6.07, 6.45) is 6.06. The maximum absolute atomic E-state index is 13.0. The number of unbranched alkanes of at least 4 members (excludes halogenated alkanes) is 1. The van der Waals surface area contributed by atoms with Crippen LogP contribution in [0, 0.1) is 11.8 Å². The number of nitrogens with two attached hydrogens (primary N) is 2. The third kappa shape index (κ3) is 22.9. The number of fused-ring (bicyclic) bond motifs is 3. The number of rotatable bonds is 27. The van der Waals surface area contributed by atoms with Gasteiger partial charge in [-0.15, -0.1) is 0 Å². The molecule has 11 N–H and O–H groups in total. The average Bonchev–Trinajstić information content (AvgIpc) is 1.66. The van der Waals surface area contributed by atoms with Crippen molar-refractivity contribution in [2.45, 2.75) is 71.8 Å². The molecule has 3 atom stereocenters. The van der Waals surface area contributed by atoms with Gasteiger partial charge in [0, 0.05) is 68.3 Å². The first-order valence-corrected chi connectivity index (χ1v) is 31.5. The molecule has 0 saturated carbocycles. The Labute approximate surface area is 572 Å². The summed E-state index contributed by atoms with van der Waals surface area (Å²) < 4.78 is 9.06. The van der Waals surface area contributed by atoms with E-state index in [2.05, 4.69) is 20.1 Å². The van der Waals surface area contributed by atoms with E-state index in [-0.39, 0.29) is 112 Å². The predicted molar refractivity (Wildman–Crippen MR) is 363 cm³/mol. The molecule has 26 nitrogen and oxygen atoms in total. The molecule has 0 aliphatic carbocycles. The number of aliphatic hydroxyl groups is 4. The fourth-order valence-corrected chi connectivity index (χ4v) is 10.7. The standard InChI is InChI=1S/C26H30N2O5.C23H28N2O5.C16H6O6.C6H16N2O.CO2.CH4O/c1-16(30)21-9-7-19(12-23(21)17(2)31)20-8-10-22-24(13-20)26(33)28(25(22)32)11-5-6-18(15-29)14-27(3)4;1-15(27)21-12-18(8-9-20(21)23(29)30)17-6-3-7-19(11-17)22(28)25-10-4-5-16(14-26)13-24-2;17-13-9-3-1-7(5-11(9)15(19)21-13)8-2-4-10-12(6-8)16(20)22-14(10)18;7-4-2-1-3-6(8)5-9;2-1-3;1-2/h7-10,12-13,18,29H,5-6,11,14-15H2,1-4H3;3,6-9,11-12,16,24,26H,4-5,10,13-14H2,1-2H3,(H,25,28)(H,29,30);1-6H;6,9H,1-5,7-8H2;;2H,1H3. The van der Waals surface area contributed by atoms with Crippen LogP contribution in [-0.2, 0) is 19.1 Å². The minimum atomic E-state index is -1.15. The van der Waals surface area contributed by atoms with Crippen LogP contribution in [0.25, 0.3) is 33.4 Å². The van der Waals surface area contributed by atoms with Gasteiger partial charge in [0.2, 0.25) is 0 Å². The molecule has 0 aromatic heterocycles. The van der Waals surface area contributed by atoms with Crippen molar-refractivity contribution in [2.24, 2.45) is 23.3 Å². The summed E-state index contributed by atoms with van der Waals surface area (Å²) in [5.41, 5.74) is 17.5. The van der Waals surface area contributed by atoms with Crippen LogP contribution in [0.1, 0.15) is 180 Å². The molecule has 3 aliphatic rings. The summed E-state index contributed by atoms with van der Waals surface area (Å²) >= 11 is 0. The van der Waals surface area contributed by atoms with E-state index in [0.717, 1.165) is 64.4 Å². The second-order valence-corrected chi connectivity index (χ2v) is 23.2. The lowest BCUT2D eigenvalue weighted by molar-refractivity contribution is -0.191. The highest BCUT2D eigenvalue weighted by molar-refractivity contribution is 6.22. The number of nitrogens with zero attached hydrogens (tertiary/aromatic N) is 2. The summed E-state index contributed by atoms with van der Waals surface area (Å²) in [6.45, 7) is 7.41. The number of carboxylic acids is 1. The van der Waals surface area contributed by atoms with Gasteiger partial charge in [-0.05, 0) is 205 Å². The van der Waals surface area contributed by atoms with Gasteiger partial charge in [0.25, 0.3) is 17.7 Å². The lowest BCUT2D eigenvalue weighted by Gasteiger charge is -2.20. The van der Waals surface area contributed by atoms with Crippen molar-refractivity contribution in [3.05, 3.63) is 176 Å². The lowest BCUT2D eigenvalue weighted by Crippen LogP contribution is -2.32. The highest BCUT2D eigenvalue weighted by Crippen LogP contribution is 2.33. The molecule has 3 aliphatic heterocycles. The fourth-order valence-electron chi connectivity index (χ4n) is 10.7. The van der Waals surface area contributed by atoms with Crippen molar-refractivity contribution >= 4 is 71.1 Å². The van der Waals surface area contributed by atoms with E-state index in [1.807, 2.05) is 26.0 Å². The van der Waals surface area contributed by atoms with E-state index in [4.69, 9.17) is 31.3 Å². The number of aliphatic hydroxyl groups excluding tert-OH is 4. The molecule has 0 saturated heterocycles. The number of hydrogen-bond acceptors (Lipinski definition) is 23. The van der Waals surface area contributed by atoms with Gasteiger partial charge >= 0.3 is 36.0 Å². The van der Waals surface area contributed by atoms with Crippen molar-refractivity contribution in [3.8, 4) is 33.4 Å². The monoisotopic (exact) mass is 1360 g/mol. The molecule has 9 rings (SSSR count). The number of esters is 4. The number of hydrogen-bond donors (Lipinski definition) is 9. The molecule has 6 aromatic carbocycles. The number of nitrogens with one attached hydrogen (secondary N) is 2.